The van der Waals surface area contributed by atoms with Crippen molar-refractivity contribution in [3.05, 3.63) is 34.9 Å². The largest absolute Gasteiger partial charge is 0.327 e. The third-order valence-corrected chi connectivity index (χ3v) is 4.41. The van der Waals surface area contributed by atoms with Crippen molar-refractivity contribution in [1.29, 1.82) is 0 Å². The zero-order chi connectivity index (χ0) is 12.8. The summed E-state index contributed by atoms with van der Waals surface area (Å²) >= 11 is 1.61. The molecule has 0 unspecified atom stereocenters. The van der Waals surface area contributed by atoms with Crippen molar-refractivity contribution in [2.75, 3.05) is 0 Å². The van der Waals surface area contributed by atoms with Crippen molar-refractivity contribution in [2.24, 2.45) is 5.73 Å². The molecule has 1 saturated carbocycles. The zero-order valence-electron chi connectivity index (χ0n) is 10.4. The number of hydrogen-bond donors (Lipinski definition) is 1. The van der Waals surface area contributed by atoms with Crippen molar-refractivity contribution >= 4 is 22.4 Å². The van der Waals surface area contributed by atoms with Crippen LogP contribution in [-0.4, -0.2) is 14.5 Å². The molecule has 0 amide bonds. The average Bonchev–Trinajstić information content (AvgIpc) is 3.04. The predicted molar refractivity (Wildman–Crippen MR) is 77.0 cm³/mol. The Balaban J connectivity index is 1.79. The highest BCUT2D eigenvalue weighted by Crippen LogP contribution is 2.37. The lowest BCUT2D eigenvalue weighted by Gasteiger charge is -2.01. The lowest BCUT2D eigenvalue weighted by molar-refractivity contribution is 0.766. The number of rotatable bonds is 3. The number of nitrogens with zero attached hydrogens (tertiary/aromatic N) is 3. The number of benzene rings is 1. The van der Waals surface area contributed by atoms with Gasteiger partial charge in [-0.15, -0.1) is 11.3 Å². The van der Waals surface area contributed by atoms with Crippen molar-refractivity contribution in [3.63, 3.8) is 0 Å². The SMILES string of the molecule is NCc1nc(-c2ccc3c(c2)ncn3C2CC2)cs1. The van der Waals surface area contributed by atoms with Gasteiger partial charge in [-0.25, -0.2) is 9.97 Å². The fourth-order valence-electron chi connectivity index (χ4n) is 2.37. The second kappa shape index (κ2) is 4.15. The first-order valence-electron chi connectivity index (χ1n) is 6.46. The van der Waals surface area contributed by atoms with Crippen LogP contribution >= 0.6 is 11.3 Å². The maximum atomic E-state index is 5.61. The van der Waals surface area contributed by atoms with Gasteiger partial charge in [0.25, 0.3) is 0 Å². The molecule has 1 fully saturated rings. The Bertz CT molecular complexity index is 739. The van der Waals surface area contributed by atoms with Crippen LogP contribution in [-0.2, 0) is 6.54 Å². The Morgan fingerprint density at radius 1 is 1.37 bits per heavy atom. The van der Waals surface area contributed by atoms with Crippen LogP contribution in [0.1, 0.15) is 23.9 Å². The molecule has 19 heavy (non-hydrogen) atoms. The van der Waals surface area contributed by atoms with Gasteiger partial charge in [-0.3, -0.25) is 0 Å². The van der Waals surface area contributed by atoms with Gasteiger partial charge in [0.15, 0.2) is 0 Å². The van der Waals surface area contributed by atoms with E-state index in [2.05, 4.69) is 38.1 Å². The van der Waals surface area contributed by atoms with Gasteiger partial charge in [0.05, 0.1) is 23.1 Å². The summed E-state index contributed by atoms with van der Waals surface area (Å²) in [6, 6.07) is 7.05. The van der Waals surface area contributed by atoms with Gasteiger partial charge in [0, 0.05) is 23.5 Å². The second-order valence-corrected chi connectivity index (χ2v) is 5.86. The summed E-state index contributed by atoms with van der Waals surface area (Å²) in [6.07, 6.45) is 4.51. The lowest BCUT2D eigenvalue weighted by atomic mass is 10.1. The molecule has 4 rings (SSSR count). The van der Waals surface area contributed by atoms with Gasteiger partial charge in [0.1, 0.15) is 5.01 Å². The Kier molecular flexibility index (Phi) is 2.43. The molecule has 0 radical (unpaired) electrons. The quantitative estimate of drug-likeness (QED) is 0.796. The highest BCUT2D eigenvalue weighted by molar-refractivity contribution is 7.09. The van der Waals surface area contributed by atoms with Crippen molar-refractivity contribution in [2.45, 2.75) is 25.4 Å². The summed E-state index contributed by atoms with van der Waals surface area (Å²) in [6.45, 7) is 0.503. The summed E-state index contributed by atoms with van der Waals surface area (Å²) in [4.78, 5) is 9.03. The first-order chi connectivity index (χ1) is 9.35. The van der Waals surface area contributed by atoms with Gasteiger partial charge in [-0.1, -0.05) is 6.07 Å². The van der Waals surface area contributed by atoms with Crippen molar-refractivity contribution < 1.29 is 0 Å². The lowest BCUT2D eigenvalue weighted by Crippen LogP contribution is -1.94. The van der Waals surface area contributed by atoms with Gasteiger partial charge in [-0.2, -0.15) is 0 Å². The minimum atomic E-state index is 0.503. The Morgan fingerprint density at radius 3 is 3.00 bits per heavy atom. The molecule has 4 nitrogen and oxygen atoms in total. The number of nitrogens with two attached hydrogens (primary N) is 1. The fourth-order valence-corrected chi connectivity index (χ4v) is 3.06. The molecule has 1 aromatic carbocycles. The monoisotopic (exact) mass is 270 g/mol. The molecule has 5 heteroatoms. The Morgan fingerprint density at radius 2 is 2.26 bits per heavy atom. The van der Waals surface area contributed by atoms with Crippen LogP contribution in [0.4, 0.5) is 0 Å². The molecule has 2 N–H and O–H groups in total. The van der Waals surface area contributed by atoms with Crippen molar-refractivity contribution in [1.82, 2.24) is 14.5 Å². The van der Waals surface area contributed by atoms with Gasteiger partial charge >= 0.3 is 0 Å². The molecule has 96 valence electrons. The number of fused-ring (bicyclic) bond motifs is 1. The number of imidazole rings is 1. The minimum Gasteiger partial charge on any atom is -0.327 e. The smallest absolute Gasteiger partial charge is 0.107 e. The first-order valence-corrected chi connectivity index (χ1v) is 7.34. The van der Waals surface area contributed by atoms with E-state index in [1.54, 1.807) is 11.3 Å². The topological polar surface area (TPSA) is 56.7 Å². The molecule has 0 aliphatic heterocycles. The summed E-state index contributed by atoms with van der Waals surface area (Å²) in [7, 11) is 0. The standard InChI is InChI=1S/C14H14N4S/c15-6-14-17-12(7-19-14)9-1-4-13-11(5-9)16-8-18(13)10-2-3-10/h1,4-5,7-8,10H,2-3,6,15H2. The molecular weight excluding hydrogens is 256 g/mol. The zero-order valence-corrected chi connectivity index (χ0v) is 11.2. The molecule has 0 bridgehead atoms. The Labute approximate surface area is 114 Å². The number of hydrogen-bond acceptors (Lipinski definition) is 4. The van der Waals surface area contributed by atoms with Crippen LogP contribution in [0.3, 0.4) is 0 Å². The van der Waals surface area contributed by atoms with Crippen LogP contribution in [0.2, 0.25) is 0 Å². The van der Waals surface area contributed by atoms with Crippen LogP contribution in [0, 0.1) is 0 Å². The van der Waals surface area contributed by atoms with Gasteiger partial charge < -0.3 is 10.3 Å². The molecule has 1 aliphatic carbocycles. The van der Waals surface area contributed by atoms with E-state index >= 15 is 0 Å². The average molecular weight is 270 g/mol. The van der Waals surface area contributed by atoms with E-state index in [0.29, 0.717) is 12.6 Å². The van der Waals surface area contributed by atoms with E-state index in [1.165, 1.54) is 18.4 Å². The van der Waals surface area contributed by atoms with E-state index in [9.17, 15) is 0 Å². The summed E-state index contributed by atoms with van der Waals surface area (Å²) < 4.78 is 2.28. The van der Waals surface area contributed by atoms with E-state index < -0.39 is 0 Å². The van der Waals surface area contributed by atoms with Gasteiger partial charge in [-0.05, 0) is 25.0 Å². The molecule has 0 atom stereocenters. The van der Waals surface area contributed by atoms with Crippen molar-refractivity contribution in [3.8, 4) is 11.3 Å². The number of thiazole rings is 1. The van der Waals surface area contributed by atoms with Crippen LogP contribution in [0.25, 0.3) is 22.3 Å². The molecular formula is C14H14N4S. The summed E-state index contributed by atoms with van der Waals surface area (Å²) in [5.41, 5.74) is 9.99. The normalized spacial score (nSPS) is 15.2. The van der Waals surface area contributed by atoms with E-state index in [4.69, 9.17) is 5.73 Å². The molecule has 2 heterocycles. The van der Waals surface area contributed by atoms with E-state index in [-0.39, 0.29) is 0 Å². The van der Waals surface area contributed by atoms with Crippen LogP contribution in [0.5, 0.6) is 0 Å². The molecule has 3 aromatic rings. The Hall–Kier alpha value is -1.72. The number of aromatic nitrogens is 3. The molecule has 1 aliphatic rings. The first kappa shape index (κ1) is 11.1. The van der Waals surface area contributed by atoms with E-state index in [1.807, 2.05) is 6.33 Å². The van der Waals surface area contributed by atoms with Crippen LogP contribution < -0.4 is 5.73 Å². The summed E-state index contributed by atoms with van der Waals surface area (Å²) in [5.74, 6) is 0. The predicted octanol–water partition coefficient (Wildman–Crippen LogP) is 2.95. The highest BCUT2D eigenvalue weighted by atomic mass is 32.1. The third kappa shape index (κ3) is 1.86. The molecule has 2 aromatic heterocycles. The minimum absolute atomic E-state index is 0.503. The third-order valence-electron chi connectivity index (χ3n) is 3.54. The molecule has 0 saturated heterocycles. The van der Waals surface area contributed by atoms with Gasteiger partial charge in [0.2, 0.25) is 0 Å². The maximum absolute atomic E-state index is 5.61. The fraction of sp³-hybridized carbons (Fsp3) is 0.286. The molecule has 0 spiro atoms. The second-order valence-electron chi connectivity index (χ2n) is 4.92. The maximum Gasteiger partial charge on any atom is 0.107 e. The highest BCUT2D eigenvalue weighted by Gasteiger charge is 2.24. The summed E-state index contributed by atoms with van der Waals surface area (Å²) in [5, 5.41) is 3.03. The van der Waals surface area contributed by atoms with E-state index in [0.717, 1.165) is 21.8 Å². The van der Waals surface area contributed by atoms with Crippen LogP contribution in [0.15, 0.2) is 29.9 Å².